The third-order valence-corrected chi connectivity index (χ3v) is 3.33. The maximum absolute atomic E-state index is 12.3. The number of H-pyrrole nitrogens is 1. The number of Topliss-reactive ketones (excluding diaryl/α,β-unsaturated/α-hetero) is 1. The molecule has 2 aromatic rings. The predicted molar refractivity (Wildman–Crippen MR) is 85.1 cm³/mol. The highest BCUT2D eigenvalue weighted by atomic mass is 16.6. The van der Waals surface area contributed by atoms with Crippen molar-refractivity contribution >= 4 is 28.4 Å². The van der Waals surface area contributed by atoms with Gasteiger partial charge in [-0.25, -0.2) is 9.36 Å². The first-order chi connectivity index (χ1) is 11.1. The van der Waals surface area contributed by atoms with Gasteiger partial charge in [0.1, 0.15) is 6.07 Å². The van der Waals surface area contributed by atoms with Gasteiger partial charge in [0.2, 0.25) is 5.88 Å². The van der Waals surface area contributed by atoms with E-state index in [9.17, 15) is 30.1 Å². The summed E-state index contributed by atoms with van der Waals surface area (Å²) >= 11 is 0. The Hall–Kier alpha value is -3.41. The van der Waals surface area contributed by atoms with E-state index in [-0.39, 0.29) is 16.7 Å². The molecule has 1 aromatic heterocycles. The Bertz CT molecular complexity index is 982. The number of carbonyl (C=O) groups is 1. The van der Waals surface area contributed by atoms with E-state index >= 15 is 0 Å². The van der Waals surface area contributed by atoms with Crippen molar-refractivity contribution in [1.82, 2.24) is 9.55 Å². The van der Waals surface area contributed by atoms with Crippen LogP contribution in [0.4, 0.5) is 5.69 Å². The van der Waals surface area contributed by atoms with Gasteiger partial charge < -0.3 is 10.1 Å². The van der Waals surface area contributed by atoms with Crippen molar-refractivity contribution in [3.05, 3.63) is 44.4 Å². The number of nitrogens with one attached hydrogen (secondary N) is 1. The number of hydrogen-bond acceptors (Lipinski definition) is 6. The first-order valence-corrected chi connectivity index (χ1v) is 6.85. The van der Waals surface area contributed by atoms with Gasteiger partial charge in [0, 0.05) is 17.5 Å². The number of ketones is 1. The largest absolute Gasteiger partial charge is 0.493 e. The van der Waals surface area contributed by atoms with Gasteiger partial charge in [0.25, 0.3) is 5.69 Å². The topological polar surface area (TPSA) is 142 Å². The first-order valence-electron chi connectivity index (χ1n) is 6.85. The molecule has 1 heterocycles. The summed E-state index contributed by atoms with van der Waals surface area (Å²) in [4.78, 5) is 36.8. The standard InChI is InChI=1S/C15H14N4O5/c1-15(2,3)12(20)9(7-16)13(21)18-11-5-4-8(19(23)24)6-10(11)17-14(18)22/h4-6,21H,1-3H3,(H,17,22). The van der Waals surface area contributed by atoms with Gasteiger partial charge in [0.05, 0.1) is 16.0 Å². The highest BCUT2D eigenvalue weighted by molar-refractivity contribution is 6.06. The van der Waals surface area contributed by atoms with Gasteiger partial charge in [-0.1, -0.05) is 20.8 Å². The van der Waals surface area contributed by atoms with Crippen molar-refractivity contribution in [3.8, 4) is 6.07 Å². The van der Waals surface area contributed by atoms with Crippen molar-refractivity contribution < 1.29 is 14.8 Å². The van der Waals surface area contributed by atoms with Crippen LogP contribution < -0.4 is 5.69 Å². The summed E-state index contributed by atoms with van der Waals surface area (Å²) in [7, 11) is 0. The molecule has 0 aliphatic carbocycles. The van der Waals surface area contributed by atoms with Crippen LogP contribution in [0.1, 0.15) is 20.8 Å². The zero-order valence-corrected chi connectivity index (χ0v) is 13.2. The smallest absolute Gasteiger partial charge is 0.333 e. The predicted octanol–water partition coefficient (Wildman–Crippen LogP) is 2.10. The molecular weight excluding hydrogens is 316 g/mol. The quantitative estimate of drug-likeness (QED) is 0.290. The molecule has 0 bridgehead atoms. The van der Waals surface area contributed by atoms with Crippen molar-refractivity contribution in [2.45, 2.75) is 20.8 Å². The molecule has 0 atom stereocenters. The number of aliphatic hydroxyl groups excluding tert-OH is 1. The maximum Gasteiger partial charge on any atom is 0.333 e. The fourth-order valence-corrected chi connectivity index (χ4v) is 2.11. The Morgan fingerprint density at radius 1 is 1.42 bits per heavy atom. The fourth-order valence-electron chi connectivity index (χ4n) is 2.11. The van der Waals surface area contributed by atoms with Crippen LogP contribution in [-0.4, -0.2) is 25.4 Å². The van der Waals surface area contributed by atoms with E-state index < -0.39 is 33.3 Å². The maximum atomic E-state index is 12.3. The molecule has 9 heteroatoms. The van der Waals surface area contributed by atoms with Gasteiger partial charge in [-0.2, -0.15) is 5.26 Å². The molecule has 2 rings (SSSR count). The first kappa shape index (κ1) is 17.0. The van der Waals surface area contributed by atoms with Crippen LogP contribution in [0.5, 0.6) is 0 Å². The Kier molecular flexibility index (Phi) is 4.00. The molecule has 1 aromatic carbocycles. The Morgan fingerprint density at radius 2 is 2.04 bits per heavy atom. The highest BCUT2D eigenvalue weighted by Gasteiger charge is 2.29. The molecule has 0 aliphatic rings. The number of aliphatic hydroxyl groups is 1. The van der Waals surface area contributed by atoms with Crippen LogP contribution in [0.3, 0.4) is 0 Å². The molecule has 124 valence electrons. The molecule has 0 saturated carbocycles. The minimum absolute atomic E-state index is 0.0984. The third kappa shape index (κ3) is 2.77. The van der Waals surface area contributed by atoms with E-state index in [1.807, 2.05) is 0 Å². The summed E-state index contributed by atoms with van der Waals surface area (Å²) in [5, 5.41) is 30.3. The van der Waals surface area contributed by atoms with Crippen LogP contribution in [0, 0.1) is 26.9 Å². The summed E-state index contributed by atoms with van der Waals surface area (Å²) in [5.74, 6) is -1.45. The Morgan fingerprint density at radius 3 is 2.54 bits per heavy atom. The molecule has 2 N–H and O–H groups in total. The minimum Gasteiger partial charge on any atom is -0.493 e. The number of nitrogens with zero attached hydrogens (tertiary/aromatic N) is 3. The number of allylic oxidation sites excluding steroid dienone is 1. The lowest BCUT2D eigenvalue weighted by Gasteiger charge is -2.16. The average molecular weight is 330 g/mol. The Balaban J connectivity index is 2.76. The third-order valence-electron chi connectivity index (χ3n) is 3.33. The van der Waals surface area contributed by atoms with Gasteiger partial charge in [0.15, 0.2) is 11.4 Å². The Labute approximate surface area is 135 Å². The van der Waals surface area contributed by atoms with Crippen LogP contribution in [0.15, 0.2) is 28.6 Å². The number of hydrogen-bond donors (Lipinski definition) is 2. The van der Waals surface area contributed by atoms with E-state index in [2.05, 4.69) is 4.98 Å². The molecule has 0 fully saturated rings. The molecule has 9 nitrogen and oxygen atoms in total. The van der Waals surface area contributed by atoms with Crippen molar-refractivity contribution in [2.24, 2.45) is 5.41 Å². The lowest BCUT2D eigenvalue weighted by Crippen LogP contribution is -2.25. The minimum atomic E-state index is -0.937. The van der Waals surface area contributed by atoms with Crippen LogP contribution in [-0.2, 0) is 4.79 Å². The second kappa shape index (κ2) is 5.66. The molecule has 0 spiro atoms. The molecule has 24 heavy (non-hydrogen) atoms. The van der Waals surface area contributed by atoms with Crippen LogP contribution in [0.25, 0.3) is 16.9 Å². The number of nitro benzene ring substituents is 1. The van der Waals surface area contributed by atoms with Crippen LogP contribution in [0.2, 0.25) is 0 Å². The second-order valence-corrected chi connectivity index (χ2v) is 6.11. The molecule has 0 aliphatic heterocycles. The SMILES string of the molecule is CC(C)(C)C(=O)C(C#N)=C(O)n1c(=O)[nH]c2cc([N+](=O)[O-])ccc21. The zero-order chi connectivity index (χ0) is 18.2. The number of non-ortho nitro benzene ring substituents is 1. The number of fused-ring (bicyclic) bond motifs is 1. The van der Waals surface area contributed by atoms with Gasteiger partial charge >= 0.3 is 5.69 Å². The number of benzene rings is 1. The summed E-state index contributed by atoms with van der Waals surface area (Å²) in [6.07, 6.45) is 0. The normalized spacial score (nSPS) is 12.6. The van der Waals surface area contributed by atoms with Crippen molar-refractivity contribution in [1.29, 1.82) is 5.26 Å². The summed E-state index contributed by atoms with van der Waals surface area (Å²) in [5.41, 5.74) is -2.36. The van der Waals surface area contributed by atoms with Crippen LogP contribution >= 0.6 is 0 Å². The van der Waals surface area contributed by atoms with E-state index in [0.29, 0.717) is 0 Å². The van der Waals surface area contributed by atoms with Crippen molar-refractivity contribution in [2.75, 3.05) is 0 Å². The number of nitro groups is 1. The van der Waals surface area contributed by atoms with Gasteiger partial charge in [-0.05, 0) is 6.07 Å². The number of aromatic nitrogens is 2. The van der Waals surface area contributed by atoms with E-state index in [1.54, 1.807) is 26.8 Å². The number of carbonyl (C=O) groups excluding carboxylic acids is 1. The lowest BCUT2D eigenvalue weighted by atomic mass is 9.87. The van der Waals surface area contributed by atoms with Gasteiger partial charge in [-0.15, -0.1) is 0 Å². The zero-order valence-electron chi connectivity index (χ0n) is 13.2. The number of aromatic amines is 1. The highest BCUT2D eigenvalue weighted by Crippen LogP contribution is 2.25. The number of imidazole rings is 1. The summed E-state index contributed by atoms with van der Waals surface area (Å²) in [6, 6.07) is 5.14. The summed E-state index contributed by atoms with van der Waals surface area (Å²) in [6.45, 7) is 4.71. The van der Waals surface area contributed by atoms with E-state index in [4.69, 9.17) is 0 Å². The molecular formula is C15H14N4O5. The molecule has 0 unspecified atom stereocenters. The number of nitriles is 1. The lowest BCUT2D eigenvalue weighted by molar-refractivity contribution is -0.384. The number of rotatable bonds is 3. The average Bonchev–Trinajstić information content (AvgIpc) is 2.81. The molecule has 0 amide bonds. The second-order valence-electron chi connectivity index (χ2n) is 6.11. The fraction of sp³-hybridized carbons (Fsp3) is 0.267. The van der Waals surface area contributed by atoms with E-state index in [0.717, 1.165) is 16.7 Å². The summed E-state index contributed by atoms with van der Waals surface area (Å²) < 4.78 is 0.737. The van der Waals surface area contributed by atoms with E-state index in [1.165, 1.54) is 6.07 Å². The molecule has 0 radical (unpaired) electrons. The van der Waals surface area contributed by atoms with Crippen molar-refractivity contribution in [3.63, 3.8) is 0 Å². The molecule has 0 saturated heterocycles. The van der Waals surface area contributed by atoms with Gasteiger partial charge in [-0.3, -0.25) is 14.9 Å². The monoisotopic (exact) mass is 330 g/mol.